The van der Waals surface area contributed by atoms with E-state index in [0.717, 1.165) is 27.8 Å². The van der Waals surface area contributed by atoms with E-state index in [0.29, 0.717) is 0 Å². The van der Waals surface area contributed by atoms with Crippen molar-refractivity contribution in [2.75, 3.05) is 11.1 Å². The summed E-state index contributed by atoms with van der Waals surface area (Å²) >= 11 is 3.55. The van der Waals surface area contributed by atoms with Crippen molar-refractivity contribution in [1.82, 2.24) is 9.97 Å². The molecule has 20 heavy (non-hydrogen) atoms. The Labute approximate surface area is 126 Å². The van der Waals surface area contributed by atoms with Crippen LogP contribution in [-0.4, -0.2) is 15.7 Å². The first kappa shape index (κ1) is 13.4. The normalized spacial score (nSPS) is 10.8. The number of thiazole rings is 1. The molecule has 0 radical (unpaired) electrons. The molecule has 3 rings (SSSR count). The van der Waals surface area contributed by atoms with Gasteiger partial charge in [-0.1, -0.05) is 24.8 Å². The molecule has 0 aliphatic carbocycles. The number of hydrogen-bond donors (Lipinski definition) is 1. The van der Waals surface area contributed by atoms with Crippen LogP contribution in [0.5, 0.6) is 0 Å². The van der Waals surface area contributed by atoms with Crippen LogP contribution in [-0.2, 0) is 6.54 Å². The van der Waals surface area contributed by atoms with E-state index >= 15 is 0 Å². The number of aromatic nitrogens is 2. The van der Waals surface area contributed by atoms with Gasteiger partial charge in [0.2, 0.25) is 0 Å². The number of nitrogens with zero attached hydrogens (tertiary/aromatic N) is 2. The fourth-order valence-corrected chi connectivity index (χ4v) is 3.91. The van der Waals surface area contributed by atoms with Gasteiger partial charge in [-0.3, -0.25) is 4.98 Å². The summed E-state index contributed by atoms with van der Waals surface area (Å²) in [5, 5.41) is 3.43. The fourth-order valence-electron chi connectivity index (χ4n) is 1.91. The van der Waals surface area contributed by atoms with Crippen LogP contribution in [0.2, 0.25) is 0 Å². The molecule has 0 bridgehead atoms. The molecule has 0 saturated carbocycles. The van der Waals surface area contributed by atoms with Gasteiger partial charge in [0.15, 0.2) is 4.34 Å². The summed E-state index contributed by atoms with van der Waals surface area (Å²) in [5.74, 6) is 1.06. The average Bonchev–Trinajstić information content (AvgIpc) is 2.88. The lowest BCUT2D eigenvalue weighted by Gasteiger charge is -2.05. The third-order valence-electron chi connectivity index (χ3n) is 2.86. The highest BCUT2D eigenvalue weighted by Gasteiger charge is 2.04. The zero-order valence-electron chi connectivity index (χ0n) is 11.2. The minimum absolute atomic E-state index is 0.786. The van der Waals surface area contributed by atoms with Gasteiger partial charge < -0.3 is 5.32 Å². The van der Waals surface area contributed by atoms with Gasteiger partial charge in [-0.15, -0.1) is 11.3 Å². The van der Waals surface area contributed by atoms with Gasteiger partial charge in [0, 0.05) is 24.6 Å². The highest BCUT2D eigenvalue weighted by atomic mass is 32.2. The molecule has 1 aromatic carbocycles. The molecule has 0 unspecified atom stereocenters. The van der Waals surface area contributed by atoms with Crippen LogP contribution in [0.15, 0.2) is 47.1 Å². The van der Waals surface area contributed by atoms with E-state index in [4.69, 9.17) is 0 Å². The van der Waals surface area contributed by atoms with Crippen LogP contribution >= 0.6 is 23.1 Å². The first-order valence-electron chi connectivity index (χ1n) is 6.51. The molecule has 2 heterocycles. The smallest absolute Gasteiger partial charge is 0.151 e. The SMILES string of the molecule is CCSc1nc2ccc(NCc3cccnc3)cc2s1. The van der Waals surface area contributed by atoms with Crippen LogP contribution < -0.4 is 5.32 Å². The number of nitrogens with one attached hydrogen (secondary N) is 1. The molecular weight excluding hydrogens is 286 g/mol. The standard InChI is InChI=1S/C15H15N3S2/c1-2-19-15-18-13-6-5-12(8-14(13)20-15)17-10-11-4-3-7-16-9-11/h3-9,17H,2,10H2,1H3. The lowest BCUT2D eigenvalue weighted by molar-refractivity contribution is 1.11. The van der Waals surface area contributed by atoms with Crippen molar-refractivity contribution in [2.45, 2.75) is 17.8 Å². The number of thioether (sulfide) groups is 1. The van der Waals surface area contributed by atoms with Gasteiger partial charge in [0.1, 0.15) is 0 Å². The summed E-state index contributed by atoms with van der Waals surface area (Å²) in [7, 11) is 0. The van der Waals surface area contributed by atoms with Gasteiger partial charge in [0.05, 0.1) is 10.2 Å². The van der Waals surface area contributed by atoms with Crippen molar-refractivity contribution >= 4 is 39.0 Å². The number of anilines is 1. The van der Waals surface area contributed by atoms with E-state index in [1.807, 2.05) is 12.3 Å². The maximum Gasteiger partial charge on any atom is 0.151 e. The summed E-state index contributed by atoms with van der Waals surface area (Å²) < 4.78 is 2.38. The molecule has 0 amide bonds. The molecule has 2 aromatic heterocycles. The maximum atomic E-state index is 4.61. The summed E-state index contributed by atoms with van der Waals surface area (Å²) in [4.78, 5) is 8.73. The summed E-state index contributed by atoms with van der Waals surface area (Å²) in [6.07, 6.45) is 3.67. The molecule has 0 spiro atoms. The Morgan fingerprint density at radius 2 is 2.25 bits per heavy atom. The number of fused-ring (bicyclic) bond motifs is 1. The second-order valence-corrected chi connectivity index (χ2v) is 6.85. The third kappa shape index (κ3) is 3.11. The molecule has 3 nitrogen and oxygen atoms in total. The summed E-state index contributed by atoms with van der Waals surface area (Å²) in [5.41, 5.74) is 3.38. The van der Waals surface area contributed by atoms with Crippen molar-refractivity contribution < 1.29 is 0 Å². The topological polar surface area (TPSA) is 37.8 Å². The average molecular weight is 301 g/mol. The van der Waals surface area contributed by atoms with E-state index in [9.17, 15) is 0 Å². The number of pyridine rings is 1. The molecule has 0 aliphatic heterocycles. The molecule has 0 aliphatic rings. The second kappa shape index (κ2) is 6.24. The third-order valence-corrected chi connectivity index (χ3v) is 4.90. The van der Waals surface area contributed by atoms with Gasteiger partial charge in [-0.2, -0.15) is 0 Å². The highest BCUT2D eigenvalue weighted by Crippen LogP contribution is 2.31. The zero-order chi connectivity index (χ0) is 13.8. The Kier molecular flexibility index (Phi) is 4.18. The van der Waals surface area contributed by atoms with Crippen molar-refractivity contribution in [3.05, 3.63) is 48.3 Å². The lowest BCUT2D eigenvalue weighted by Crippen LogP contribution is -1.99. The molecule has 1 N–H and O–H groups in total. The fraction of sp³-hybridized carbons (Fsp3) is 0.200. The molecule has 3 aromatic rings. The Morgan fingerprint density at radius 3 is 3.05 bits per heavy atom. The Hall–Kier alpha value is -1.59. The predicted molar refractivity (Wildman–Crippen MR) is 87.6 cm³/mol. The van der Waals surface area contributed by atoms with Gasteiger partial charge in [0.25, 0.3) is 0 Å². The number of benzene rings is 1. The van der Waals surface area contributed by atoms with Crippen LogP contribution in [0.4, 0.5) is 5.69 Å². The molecule has 102 valence electrons. The van der Waals surface area contributed by atoms with Crippen LogP contribution in [0, 0.1) is 0 Å². The highest BCUT2D eigenvalue weighted by molar-refractivity contribution is 8.01. The van der Waals surface area contributed by atoms with Crippen LogP contribution in [0.3, 0.4) is 0 Å². The van der Waals surface area contributed by atoms with Crippen molar-refractivity contribution in [1.29, 1.82) is 0 Å². The second-order valence-electron chi connectivity index (χ2n) is 4.31. The molecule has 0 fully saturated rings. The first-order chi connectivity index (χ1) is 9.85. The predicted octanol–water partition coefficient (Wildman–Crippen LogP) is 4.42. The molecule has 0 saturated heterocycles. The Balaban J connectivity index is 1.75. The van der Waals surface area contributed by atoms with E-state index < -0.39 is 0 Å². The summed E-state index contributed by atoms with van der Waals surface area (Å²) in [6, 6.07) is 10.4. The van der Waals surface area contributed by atoms with E-state index in [-0.39, 0.29) is 0 Å². The first-order valence-corrected chi connectivity index (χ1v) is 8.31. The Morgan fingerprint density at radius 1 is 1.30 bits per heavy atom. The van der Waals surface area contributed by atoms with Gasteiger partial charge >= 0.3 is 0 Å². The van der Waals surface area contributed by atoms with E-state index in [1.54, 1.807) is 29.3 Å². The Bertz CT molecular complexity index is 695. The monoisotopic (exact) mass is 301 g/mol. The zero-order valence-corrected chi connectivity index (χ0v) is 12.8. The summed E-state index contributed by atoms with van der Waals surface area (Å²) in [6.45, 7) is 2.94. The maximum absolute atomic E-state index is 4.61. The van der Waals surface area contributed by atoms with Crippen molar-refractivity contribution in [3.63, 3.8) is 0 Å². The minimum atomic E-state index is 0.786. The number of hydrogen-bond acceptors (Lipinski definition) is 5. The van der Waals surface area contributed by atoms with Crippen molar-refractivity contribution in [3.8, 4) is 0 Å². The van der Waals surface area contributed by atoms with Crippen LogP contribution in [0.1, 0.15) is 12.5 Å². The van der Waals surface area contributed by atoms with E-state index in [2.05, 4.69) is 46.5 Å². The number of rotatable bonds is 5. The molecule has 5 heteroatoms. The lowest BCUT2D eigenvalue weighted by atomic mass is 10.2. The van der Waals surface area contributed by atoms with Crippen molar-refractivity contribution in [2.24, 2.45) is 0 Å². The van der Waals surface area contributed by atoms with Gasteiger partial charge in [-0.25, -0.2) is 4.98 Å². The largest absolute Gasteiger partial charge is 0.381 e. The van der Waals surface area contributed by atoms with Crippen LogP contribution in [0.25, 0.3) is 10.2 Å². The minimum Gasteiger partial charge on any atom is -0.381 e. The van der Waals surface area contributed by atoms with Gasteiger partial charge in [-0.05, 0) is 35.6 Å². The molecule has 0 atom stereocenters. The molecular formula is C15H15N3S2. The van der Waals surface area contributed by atoms with E-state index in [1.165, 1.54) is 10.3 Å². The quantitative estimate of drug-likeness (QED) is 0.708.